The summed E-state index contributed by atoms with van der Waals surface area (Å²) in [5.41, 5.74) is 12.8. The molecule has 0 saturated heterocycles. The Bertz CT molecular complexity index is 348. The lowest BCUT2D eigenvalue weighted by Crippen LogP contribution is -2.07. The van der Waals surface area contributed by atoms with Crippen molar-refractivity contribution in [3.05, 3.63) is 23.3 Å². The van der Waals surface area contributed by atoms with Crippen LogP contribution in [0.4, 0.5) is 11.4 Å². The van der Waals surface area contributed by atoms with Crippen molar-refractivity contribution in [2.24, 2.45) is 0 Å². The topological polar surface area (TPSA) is 89.3 Å². The number of nitrogen functional groups attached to an aromatic ring is 2. The van der Waals surface area contributed by atoms with Crippen molar-refractivity contribution < 1.29 is 9.90 Å². The predicted octanol–water partition coefficient (Wildman–Crippen LogP) is 1.11. The Balaban J connectivity index is 3.38. The third-order valence-corrected chi connectivity index (χ3v) is 1.97. The third kappa shape index (κ3) is 1.56. The molecule has 0 unspecified atom stereocenters. The van der Waals surface area contributed by atoms with E-state index in [1.807, 2.05) is 6.92 Å². The van der Waals surface area contributed by atoms with Gasteiger partial charge in [-0.1, -0.05) is 6.92 Å². The first-order valence-corrected chi connectivity index (χ1v) is 3.98. The number of aromatic carboxylic acids is 1. The van der Waals surface area contributed by atoms with E-state index in [0.717, 1.165) is 0 Å². The highest BCUT2D eigenvalue weighted by Gasteiger charge is 2.12. The minimum Gasteiger partial charge on any atom is -0.478 e. The van der Waals surface area contributed by atoms with E-state index in [9.17, 15) is 4.79 Å². The number of carbonyl (C=O) groups is 1. The molecular weight excluding hydrogens is 168 g/mol. The molecule has 0 heterocycles. The Morgan fingerprint density at radius 3 is 2.54 bits per heavy atom. The molecule has 1 rings (SSSR count). The molecule has 5 N–H and O–H groups in total. The van der Waals surface area contributed by atoms with Crippen molar-refractivity contribution in [2.45, 2.75) is 13.3 Å². The lowest BCUT2D eigenvalue weighted by molar-refractivity contribution is 0.0696. The van der Waals surface area contributed by atoms with Gasteiger partial charge in [0.1, 0.15) is 0 Å². The molecule has 0 aliphatic heterocycles. The summed E-state index contributed by atoms with van der Waals surface area (Å²) in [4.78, 5) is 10.7. The summed E-state index contributed by atoms with van der Waals surface area (Å²) in [6.07, 6.45) is 0.568. The summed E-state index contributed by atoms with van der Waals surface area (Å²) < 4.78 is 0. The van der Waals surface area contributed by atoms with Gasteiger partial charge in [-0.15, -0.1) is 0 Å². The molecule has 0 saturated carbocycles. The van der Waals surface area contributed by atoms with Crippen LogP contribution in [0, 0.1) is 0 Å². The molecule has 1 aromatic carbocycles. The number of hydrogen-bond donors (Lipinski definition) is 3. The van der Waals surface area contributed by atoms with Gasteiger partial charge < -0.3 is 16.6 Å². The van der Waals surface area contributed by atoms with Crippen LogP contribution in [-0.4, -0.2) is 11.1 Å². The largest absolute Gasteiger partial charge is 0.478 e. The molecule has 13 heavy (non-hydrogen) atoms. The zero-order valence-electron chi connectivity index (χ0n) is 7.37. The van der Waals surface area contributed by atoms with E-state index >= 15 is 0 Å². The van der Waals surface area contributed by atoms with Crippen molar-refractivity contribution in [3.63, 3.8) is 0 Å². The maximum Gasteiger partial charge on any atom is 0.336 e. The van der Waals surface area contributed by atoms with E-state index in [-0.39, 0.29) is 5.56 Å². The fourth-order valence-corrected chi connectivity index (χ4v) is 1.26. The van der Waals surface area contributed by atoms with Crippen molar-refractivity contribution in [1.29, 1.82) is 0 Å². The Labute approximate surface area is 76.2 Å². The van der Waals surface area contributed by atoms with Crippen LogP contribution in [0.2, 0.25) is 0 Å². The predicted molar refractivity (Wildman–Crippen MR) is 51.6 cm³/mol. The molecule has 4 heteroatoms. The highest BCUT2D eigenvalue weighted by molar-refractivity contribution is 5.93. The van der Waals surface area contributed by atoms with Crippen LogP contribution in [0.15, 0.2) is 12.1 Å². The van der Waals surface area contributed by atoms with E-state index in [0.29, 0.717) is 23.4 Å². The van der Waals surface area contributed by atoms with Gasteiger partial charge in [0.2, 0.25) is 0 Å². The minimum absolute atomic E-state index is 0.231. The van der Waals surface area contributed by atoms with E-state index in [1.165, 1.54) is 12.1 Å². The van der Waals surface area contributed by atoms with Crippen LogP contribution in [-0.2, 0) is 6.42 Å². The molecule has 0 aliphatic rings. The van der Waals surface area contributed by atoms with Crippen molar-refractivity contribution >= 4 is 17.3 Å². The molecule has 1 aromatic rings. The highest BCUT2D eigenvalue weighted by Crippen LogP contribution is 2.24. The normalized spacial score (nSPS) is 9.92. The summed E-state index contributed by atoms with van der Waals surface area (Å²) in [5, 5.41) is 8.82. The zero-order valence-corrected chi connectivity index (χ0v) is 7.37. The van der Waals surface area contributed by atoms with Crippen molar-refractivity contribution in [1.82, 2.24) is 0 Å². The lowest BCUT2D eigenvalue weighted by Gasteiger charge is -2.09. The van der Waals surface area contributed by atoms with Gasteiger partial charge in [0.15, 0.2) is 0 Å². The first-order chi connectivity index (χ1) is 6.07. The lowest BCUT2D eigenvalue weighted by atomic mass is 10.0. The van der Waals surface area contributed by atoms with Gasteiger partial charge in [0.25, 0.3) is 0 Å². The fourth-order valence-electron chi connectivity index (χ4n) is 1.26. The number of rotatable bonds is 2. The number of nitrogens with two attached hydrogens (primary N) is 2. The van der Waals surface area contributed by atoms with Gasteiger partial charge >= 0.3 is 5.97 Å². The zero-order chi connectivity index (χ0) is 10.0. The first-order valence-electron chi connectivity index (χ1n) is 3.98. The fraction of sp³-hybridized carbons (Fsp3) is 0.222. The highest BCUT2D eigenvalue weighted by atomic mass is 16.4. The summed E-state index contributed by atoms with van der Waals surface area (Å²) >= 11 is 0. The molecule has 0 atom stereocenters. The maximum absolute atomic E-state index is 10.7. The molecule has 0 bridgehead atoms. The van der Waals surface area contributed by atoms with Gasteiger partial charge in [-0.2, -0.15) is 0 Å². The molecule has 0 amide bonds. The van der Waals surface area contributed by atoms with Crippen LogP contribution >= 0.6 is 0 Å². The van der Waals surface area contributed by atoms with Crippen LogP contribution in [0.25, 0.3) is 0 Å². The molecule has 70 valence electrons. The number of hydrogen-bond acceptors (Lipinski definition) is 3. The monoisotopic (exact) mass is 180 g/mol. The van der Waals surface area contributed by atoms with Crippen molar-refractivity contribution in [2.75, 3.05) is 11.5 Å². The second kappa shape index (κ2) is 3.35. The van der Waals surface area contributed by atoms with Gasteiger partial charge in [-0.05, 0) is 24.1 Å². The Morgan fingerprint density at radius 1 is 1.46 bits per heavy atom. The molecule has 0 fully saturated rings. The van der Waals surface area contributed by atoms with Crippen LogP contribution in [0.3, 0.4) is 0 Å². The average molecular weight is 180 g/mol. The van der Waals surface area contributed by atoms with Crippen LogP contribution < -0.4 is 11.5 Å². The molecular formula is C9H12N2O2. The van der Waals surface area contributed by atoms with Crippen LogP contribution in [0.1, 0.15) is 22.8 Å². The Kier molecular flexibility index (Phi) is 2.41. The number of carboxylic acid groups (broad SMARTS) is 1. The van der Waals surface area contributed by atoms with Gasteiger partial charge in [0.05, 0.1) is 16.9 Å². The van der Waals surface area contributed by atoms with Gasteiger partial charge in [0, 0.05) is 0 Å². The molecule has 0 spiro atoms. The number of benzene rings is 1. The van der Waals surface area contributed by atoms with E-state index in [4.69, 9.17) is 16.6 Å². The second-order valence-corrected chi connectivity index (χ2v) is 2.75. The molecule has 4 nitrogen and oxygen atoms in total. The second-order valence-electron chi connectivity index (χ2n) is 2.75. The van der Waals surface area contributed by atoms with Gasteiger partial charge in [-0.25, -0.2) is 4.79 Å². The van der Waals surface area contributed by atoms with Crippen molar-refractivity contribution in [3.8, 4) is 0 Å². The van der Waals surface area contributed by atoms with E-state index < -0.39 is 5.97 Å². The Morgan fingerprint density at radius 2 is 2.08 bits per heavy atom. The quantitative estimate of drug-likeness (QED) is 0.595. The summed E-state index contributed by atoms with van der Waals surface area (Å²) in [5.74, 6) is -0.969. The Hall–Kier alpha value is -1.71. The first kappa shape index (κ1) is 9.38. The van der Waals surface area contributed by atoms with E-state index in [1.54, 1.807) is 0 Å². The SMILES string of the molecule is CCc1c(C(=O)O)ccc(N)c1N. The molecule has 0 aliphatic carbocycles. The molecule has 0 radical (unpaired) electrons. The van der Waals surface area contributed by atoms with E-state index in [2.05, 4.69) is 0 Å². The maximum atomic E-state index is 10.7. The minimum atomic E-state index is -0.969. The smallest absolute Gasteiger partial charge is 0.336 e. The summed E-state index contributed by atoms with van der Waals surface area (Å²) in [7, 11) is 0. The summed E-state index contributed by atoms with van der Waals surface area (Å²) in [6, 6.07) is 2.99. The van der Waals surface area contributed by atoms with Gasteiger partial charge in [-0.3, -0.25) is 0 Å². The number of anilines is 2. The standard InChI is InChI=1S/C9H12N2O2/c1-2-5-6(9(12)13)3-4-7(10)8(5)11/h3-4H,2,10-11H2,1H3,(H,12,13). The van der Waals surface area contributed by atoms with Crippen LogP contribution in [0.5, 0.6) is 0 Å². The third-order valence-electron chi connectivity index (χ3n) is 1.97. The number of carboxylic acids is 1. The average Bonchev–Trinajstić information content (AvgIpc) is 2.09. The summed E-state index contributed by atoms with van der Waals surface area (Å²) in [6.45, 7) is 1.84. The molecule has 0 aromatic heterocycles.